The number of piperidine rings is 1. The summed E-state index contributed by atoms with van der Waals surface area (Å²) >= 11 is 0. The van der Waals surface area contributed by atoms with Crippen LogP contribution in [0.5, 0.6) is 0 Å². The summed E-state index contributed by atoms with van der Waals surface area (Å²) < 4.78 is 6.59. The van der Waals surface area contributed by atoms with Gasteiger partial charge >= 0.3 is 5.97 Å². The molecule has 3 heterocycles. The molecule has 31 heavy (non-hydrogen) atoms. The summed E-state index contributed by atoms with van der Waals surface area (Å²) in [6.07, 6.45) is 6.10. The minimum absolute atomic E-state index is 0.00423. The molecule has 1 aliphatic heterocycles. The van der Waals surface area contributed by atoms with Crippen molar-refractivity contribution in [2.24, 2.45) is 28.9 Å². The monoisotopic (exact) mass is 427 g/mol. The Bertz CT molecular complexity index is 992. The molecule has 2 aromatic heterocycles. The molecular formula is C22H29N5O4. The number of ether oxygens (including phenoxy) is 1. The molecule has 2 aromatic rings. The van der Waals surface area contributed by atoms with Crippen LogP contribution in [0.2, 0.25) is 0 Å². The predicted molar refractivity (Wildman–Crippen MR) is 111 cm³/mol. The molecule has 2 saturated carbocycles. The van der Waals surface area contributed by atoms with E-state index in [9.17, 15) is 14.7 Å². The van der Waals surface area contributed by atoms with Crippen LogP contribution in [0.3, 0.4) is 0 Å². The third-order valence-corrected chi connectivity index (χ3v) is 7.06. The number of rotatable bonds is 7. The minimum atomic E-state index is -1.50. The van der Waals surface area contributed by atoms with Gasteiger partial charge in [0.25, 0.3) is 0 Å². The van der Waals surface area contributed by atoms with Crippen molar-refractivity contribution in [1.82, 2.24) is 19.9 Å². The van der Waals surface area contributed by atoms with Crippen LogP contribution in [-0.2, 0) is 20.7 Å². The number of fused-ring (bicyclic) bond motifs is 1. The molecule has 3 fully saturated rings. The summed E-state index contributed by atoms with van der Waals surface area (Å²) in [6, 6.07) is 3.48. The quantitative estimate of drug-likeness (QED) is 0.439. The second-order valence-corrected chi connectivity index (χ2v) is 9.39. The normalized spacial score (nSPS) is 27.4. The molecule has 4 N–H and O–H groups in total. The van der Waals surface area contributed by atoms with Gasteiger partial charge in [0.05, 0.1) is 36.8 Å². The van der Waals surface area contributed by atoms with Gasteiger partial charge in [-0.1, -0.05) is 0 Å². The maximum Gasteiger partial charge on any atom is 0.321 e. The van der Waals surface area contributed by atoms with Gasteiger partial charge in [-0.2, -0.15) is 5.10 Å². The maximum absolute atomic E-state index is 12.7. The standard InChI is InChI=1S/C22H29N5O4/c1-31-21(30)22(9-15(28)10-24-20(22)29)8-14-6-7-17-25-16(11-27(17)26-14)19(23)18(12-2-3-12)13-4-5-13/h6-7,11-13,15,18-19,28H,2-5,8-10,23H2,1H3,(H,24,29)/t15?,19-,22-/m1/s1. The first-order valence-corrected chi connectivity index (χ1v) is 11.1. The van der Waals surface area contributed by atoms with Crippen LogP contribution < -0.4 is 11.1 Å². The molecule has 166 valence electrons. The number of esters is 1. The lowest BCUT2D eigenvalue weighted by Gasteiger charge is -2.35. The number of aliphatic hydroxyl groups excluding tert-OH is 1. The smallest absolute Gasteiger partial charge is 0.321 e. The lowest BCUT2D eigenvalue weighted by Crippen LogP contribution is -2.57. The first-order chi connectivity index (χ1) is 14.9. The van der Waals surface area contributed by atoms with Crippen LogP contribution in [0.25, 0.3) is 5.65 Å². The highest BCUT2D eigenvalue weighted by molar-refractivity contribution is 6.03. The molecule has 0 aromatic carbocycles. The number of methoxy groups -OCH3 is 1. The Morgan fingerprint density at radius 2 is 2.06 bits per heavy atom. The van der Waals surface area contributed by atoms with Gasteiger partial charge < -0.3 is 20.9 Å². The molecule has 0 radical (unpaired) electrons. The van der Waals surface area contributed by atoms with Crippen molar-refractivity contribution in [3.05, 3.63) is 29.7 Å². The third kappa shape index (κ3) is 3.70. The second kappa shape index (κ2) is 7.56. The van der Waals surface area contributed by atoms with Gasteiger partial charge in [-0.15, -0.1) is 0 Å². The summed E-state index contributed by atoms with van der Waals surface area (Å²) in [5.41, 5.74) is 7.19. The van der Waals surface area contributed by atoms with Crippen LogP contribution in [0.1, 0.15) is 49.5 Å². The summed E-state index contributed by atoms with van der Waals surface area (Å²) in [4.78, 5) is 29.9. The number of hydrogen-bond acceptors (Lipinski definition) is 7. The van der Waals surface area contributed by atoms with Gasteiger partial charge in [0.2, 0.25) is 5.91 Å². The first-order valence-electron chi connectivity index (χ1n) is 11.1. The van der Waals surface area contributed by atoms with Crippen LogP contribution >= 0.6 is 0 Å². The Morgan fingerprint density at radius 1 is 1.35 bits per heavy atom. The highest BCUT2D eigenvalue weighted by Gasteiger charge is 2.51. The summed E-state index contributed by atoms with van der Waals surface area (Å²) in [7, 11) is 1.24. The third-order valence-electron chi connectivity index (χ3n) is 7.06. The molecule has 5 rings (SSSR count). The van der Waals surface area contributed by atoms with Gasteiger partial charge in [-0.3, -0.25) is 9.59 Å². The molecular weight excluding hydrogens is 398 g/mol. The zero-order valence-electron chi connectivity index (χ0n) is 17.7. The average Bonchev–Trinajstić information content (AvgIpc) is 3.69. The highest BCUT2D eigenvalue weighted by atomic mass is 16.5. The Balaban J connectivity index is 1.43. The van der Waals surface area contributed by atoms with Crippen molar-refractivity contribution in [2.75, 3.05) is 13.7 Å². The van der Waals surface area contributed by atoms with Crippen molar-refractivity contribution in [3.63, 3.8) is 0 Å². The van der Waals surface area contributed by atoms with Crippen LogP contribution in [0.15, 0.2) is 18.3 Å². The predicted octanol–water partition coefficient (Wildman–Crippen LogP) is 0.748. The van der Waals surface area contributed by atoms with E-state index in [0.29, 0.717) is 29.1 Å². The molecule has 9 nitrogen and oxygen atoms in total. The van der Waals surface area contributed by atoms with Gasteiger partial charge in [0, 0.05) is 19.4 Å². The molecule has 1 saturated heterocycles. The Hall–Kier alpha value is -2.52. The fraction of sp³-hybridized carbons (Fsp3) is 0.636. The van der Waals surface area contributed by atoms with Crippen molar-refractivity contribution in [2.45, 2.75) is 50.7 Å². The molecule has 2 aliphatic carbocycles. The van der Waals surface area contributed by atoms with Crippen LogP contribution in [0.4, 0.5) is 0 Å². The maximum atomic E-state index is 12.7. The van der Waals surface area contributed by atoms with Crippen LogP contribution in [0, 0.1) is 23.2 Å². The number of carbonyl (C=O) groups is 2. The Kier molecular flexibility index (Phi) is 4.97. The SMILES string of the molecule is COC(=O)[C@]1(Cc2ccc3nc([C@@H](N)C(C4CC4)C4CC4)cn3n2)CC(O)CNC1=O. The Morgan fingerprint density at radius 3 is 2.71 bits per heavy atom. The second-order valence-electron chi connectivity index (χ2n) is 9.39. The number of aromatic nitrogens is 3. The van der Waals surface area contributed by atoms with E-state index in [1.165, 1.54) is 32.8 Å². The number of nitrogens with one attached hydrogen (secondary N) is 1. The molecule has 0 spiro atoms. The van der Waals surface area contributed by atoms with Crippen molar-refractivity contribution in [3.8, 4) is 0 Å². The molecule has 1 unspecified atom stereocenters. The summed E-state index contributed by atoms with van der Waals surface area (Å²) in [6.45, 7) is 0.121. The largest absolute Gasteiger partial charge is 0.468 e. The van der Waals surface area contributed by atoms with Crippen molar-refractivity contribution >= 4 is 17.5 Å². The number of imidazole rings is 1. The number of amides is 1. The van der Waals surface area contributed by atoms with Crippen molar-refractivity contribution < 1.29 is 19.4 Å². The zero-order valence-corrected chi connectivity index (χ0v) is 17.7. The molecule has 9 heteroatoms. The fourth-order valence-electron chi connectivity index (χ4n) is 5.18. The zero-order chi connectivity index (χ0) is 21.8. The summed E-state index contributed by atoms with van der Waals surface area (Å²) in [5.74, 6) is 0.797. The average molecular weight is 428 g/mol. The minimum Gasteiger partial charge on any atom is -0.468 e. The van der Waals surface area contributed by atoms with E-state index in [1.54, 1.807) is 10.6 Å². The van der Waals surface area contributed by atoms with Gasteiger partial charge in [-0.25, -0.2) is 9.50 Å². The number of nitrogens with zero attached hydrogens (tertiary/aromatic N) is 3. The van der Waals surface area contributed by atoms with E-state index in [4.69, 9.17) is 15.5 Å². The molecule has 3 atom stereocenters. The van der Waals surface area contributed by atoms with E-state index in [2.05, 4.69) is 10.4 Å². The molecule has 0 bridgehead atoms. The van der Waals surface area contributed by atoms with Crippen molar-refractivity contribution in [1.29, 1.82) is 0 Å². The Labute approximate surface area is 180 Å². The molecule has 1 amide bonds. The topological polar surface area (TPSA) is 132 Å². The number of β-amino-alcohol motifs (C(OH)–C–C–N with tert-alkyl or cyclic N) is 1. The van der Waals surface area contributed by atoms with E-state index in [-0.39, 0.29) is 25.4 Å². The molecule has 3 aliphatic rings. The van der Waals surface area contributed by atoms with Crippen LogP contribution in [-0.4, -0.2) is 51.3 Å². The number of nitrogens with two attached hydrogens (primary N) is 1. The highest BCUT2D eigenvalue weighted by Crippen LogP contribution is 2.53. The number of hydrogen-bond donors (Lipinski definition) is 3. The van der Waals surface area contributed by atoms with Gasteiger partial charge in [-0.05, 0) is 55.6 Å². The number of aliphatic hydroxyl groups is 1. The fourth-order valence-corrected chi connectivity index (χ4v) is 5.18. The van der Waals surface area contributed by atoms with E-state index in [1.807, 2.05) is 12.3 Å². The van der Waals surface area contributed by atoms with E-state index < -0.39 is 23.4 Å². The van der Waals surface area contributed by atoms with E-state index >= 15 is 0 Å². The lowest BCUT2D eigenvalue weighted by molar-refractivity contribution is -0.164. The van der Waals surface area contributed by atoms with E-state index in [0.717, 1.165) is 5.69 Å². The number of carbonyl (C=O) groups excluding carboxylic acids is 2. The lowest BCUT2D eigenvalue weighted by atomic mass is 9.75. The van der Waals surface area contributed by atoms with Gasteiger partial charge in [0.15, 0.2) is 11.1 Å². The first kappa shape index (κ1) is 20.4. The van der Waals surface area contributed by atoms with Gasteiger partial charge in [0.1, 0.15) is 0 Å². The summed E-state index contributed by atoms with van der Waals surface area (Å²) in [5, 5.41) is 17.3.